The van der Waals surface area contributed by atoms with Crippen molar-refractivity contribution < 1.29 is 9.84 Å². The van der Waals surface area contributed by atoms with Gasteiger partial charge in [-0.05, 0) is 26.7 Å². The maximum absolute atomic E-state index is 9.54. The molecule has 0 saturated heterocycles. The van der Waals surface area contributed by atoms with Crippen molar-refractivity contribution in [3.05, 3.63) is 0 Å². The van der Waals surface area contributed by atoms with Crippen molar-refractivity contribution in [2.45, 2.75) is 52.3 Å². The van der Waals surface area contributed by atoms with Crippen LogP contribution in [0, 0.1) is 0 Å². The van der Waals surface area contributed by atoms with Crippen LogP contribution >= 0.6 is 0 Å². The average Bonchev–Trinajstić information content (AvgIpc) is 2.14. The van der Waals surface area contributed by atoms with Gasteiger partial charge in [0.2, 0.25) is 0 Å². The van der Waals surface area contributed by atoms with E-state index in [4.69, 9.17) is 4.74 Å². The fourth-order valence-electron chi connectivity index (χ4n) is 1.13. The van der Waals surface area contributed by atoms with Gasteiger partial charge in [0.15, 0.2) is 0 Å². The monoisotopic (exact) mass is 189 g/mol. The van der Waals surface area contributed by atoms with E-state index in [0.717, 1.165) is 12.8 Å². The van der Waals surface area contributed by atoms with Gasteiger partial charge in [0, 0.05) is 12.1 Å². The molecule has 0 aromatic heterocycles. The molecule has 2 N–H and O–H groups in total. The van der Waals surface area contributed by atoms with Crippen LogP contribution in [0.15, 0.2) is 0 Å². The predicted molar refractivity (Wildman–Crippen MR) is 54.6 cm³/mol. The van der Waals surface area contributed by atoms with Crippen LogP contribution in [0.2, 0.25) is 0 Å². The zero-order valence-corrected chi connectivity index (χ0v) is 9.26. The van der Waals surface area contributed by atoms with Crippen molar-refractivity contribution in [2.24, 2.45) is 0 Å². The van der Waals surface area contributed by atoms with Crippen LogP contribution in [0.4, 0.5) is 0 Å². The average molecular weight is 189 g/mol. The lowest BCUT2D eigenvalue weighted by molar-refractivity contribution is 0.00413. The highest BCUT2D eigenvalue weighted by Gasteiger charge is 2.21. The molecule has 0 rings (SSSR count). The Morgan fingerprint density at radius 3 is 2.23 bits per heavy atom. The van der Waals surface area contributed by atoms with Crippen molar-refractivity contribution in [2.75, 3.05) is 13.2 Å². The number of aliphatic hydroxyl groups excluding tert-OH is 1. The van der Waals surface area contributed by atoms with Crippen molar-refractivity contribution in [1.82, 2.24) is 5.32 Å². The van der Waals surface area contributed by atoms with Gasteiger partial charge in [-0.2, -0.15) is 0 Å². The van der Waals surface area contributed by atoms with E-state index in [1.165, 1.54) is 0 Å². The van der Waals surface area contributed by atoms with Crippen LogP contribution in [-0.2, 0) is 4.74 Å². The SMILES string of the molecule is CCOCC(O)NC(C)(CC)CC. The first-order valence-corrected chi connectivity index (χ1v) is 5.11. The molecule has 0 radical (unpaired) electrons. The summed E-state index contributed by atoms with van der Waals surface area (Å²) in [6.45, 7) is 9.28. The number of ether oxygens (including phenoxy) is 1. The van der Waals surface area contributed by atoms with Gasteiger partial charge >= 0.3 is 0 Å². The van der Waals surface area contributed by atoms with Gasteiger partial charge in [0.25, 0.3) is 0 Å². The fourth-order valence-corrected chi connectivity index (χ4v) is 1.13. The highest BCUT2D eigenvalue weighted by Crippen LogP contribution is 2.13. The number of hydrogen-bond donors (Lipinski definition) is 2. The van der Waals surface area contributed by atoms with E-state index in [2.05, 4.69) is 26.1 Å². The third-order valence-corrected chi connectivity index (χ3v) is 2.56. The molecule has 0 aromatic rings. The Labute approximate surface area is 81.5 Å². The molecule has 1 unspecified atom stereocenters. The molecule has 0 heterocycles. The fraction of sp³-hybridized carbons (Fsp3) is 1.00. The number of nitrogens with one attached hydrogen (secondary N) is 1. The minimum atomic E-state index is -0.551. The van der Waals surface area contributed by atoms with Crippen LogP contribution < -0.4 is 5.32 Å². The second kappa shape index (κ2) is 6.35. The lowest BCUT2D eigenvalue weighted by Crippen LogP contribution is -2.49. The molecule has 0 saturated carbocycles. The van der Waals surface area contributed by atoms with Gasteiger partial charge in [-0.25, -0.2) is 0 Å². The predicted octanol–water partition coefficient (Wildman–Crippen LogP) is 1.51. The molecular formula is C10H23NO2. The van der Waals surface area contributed by atoms with E-state index in [9.17, 15) is 5.11 Å². The summed E-state index contributed by atoms with van der Waals surface area (Å²) < 4.78 is 5.12. The molecule has 0 aliphatic heterocycles. The van der Waals surface area contributed by atoms with E-state index >= 15 is 0 Å². The molecular weight excluding hydrogens is 166 g/mol. The van der Waals surface area contributed by atoms with Gasteiger partial charge in [-0.15, -0.1) is 0 Å². The first kappa shape index (κ1) is 12.9. The molecule has 1 atom stereocenters. The second-order valence-electron chi connectivity index (χ2n) is 3.59. The summed E-state index contributed by atoms with van der Waals surface area (Å²) in [5.41, 5.74) is 0.0243. The van der Waals surface area contributed by atoms with E-state index in [-0.39, 0.29) is 5.54 Å². The Bertz CT molecular complexity index is 124. The number of hydrogen-bond acceptors (Lipinski definition) is 3. The van der Waals surface area contributed by atoms with Crippen LogP contribution in [-0.4, -0.2) is 30.1 Å². The Morgan fingerprint density at radius 2 is 1.85 bits per heavy atom. The van der Waals surface area contributed by atoms with E-state index in [0.29, 0.717) is 13.2 Å². The van der Waals surface area contributed by atoms with E-state index in [1.807, 2.05) is 6.92 Å². The first-order valence-electron chi connectivity index (χ1n) is 5.11. The van der Waals surface area contributed by atoms with Crippen molar-refractivity contribution >= 4 is 0 Å². The maximum Gasteiger partial charge on any atom is 0.128 e. The summed E-state index contributed by atoms with van der Waals surface area (Å²) in [5, 5.41) is 12.7. The third-order valence-electron chi connectivity index (χ3n) is 2.56. The van der Waals surface area contributed by atoms with Gasteiger partial charge in [0.05, 0.1) is 6.61 Å². The quantitative estimate of drug-likeness (QED) is 0.596. The summed E-state index contributed by atoms with van der Waals surface area (Å²) >= 11 is 0. The topological polar surface area (TPSA) is 41.5 Å². The van der Waals surface area contributed by atoms with Crippen LogP contribution in [0.3, 0.4) is 0 Å². The summed E-state index contributed by atoms with van der Waals surface area (Å²) in [5.74, 6) is 0. The minimum Gasteiger partial charge on any atom is -0.378 e. The molecule has 0 bridgehead atoms. The van der Waals surface area contributed by atoms with Gasteiger partial charge in [-0.1, -0.05) is 13.8 Å². The molecule has 0 aliphatic rings. The molecule has 0 aromatic carbocycles. The van der Waals surface area contributed by atoms with Crippen LogP contribution in [0.1, 0.15) is 40.5 Å². The maximum atomic E-state index is 9.54. The second-order valence-corrected chi connectivity index (χ2v) is 3.59. The molecule has 0 spiro atoms. The van der Waals surface area contributed by atoms with Crippen molar-refractivity contribution in [3.8, 4) is 0 Å². The Hall–Kier alpha value is -0.120. The zero-order valence-electron chi connectivity index (χ0n) is 9.26. The number of rotatable bonds is 7. The molecule has 3 nitrogen and oxygen atoms in total. The first-order chi connectivity index (χ1) is 6.08. The summed E-state index contributed by atoms with van der Waals surface area (Å²) in [7, 11) is 0. The normalized spacial score (nSPS) is 14.5. The molecule has 0 amide bonds. The van der Waals surface area contributed by atoms with Crippen molar-refractivity contribution in [3.63, 3.8) is 0 Å². The van der Waals surface area contributed by atoms with Crippen LogP contribution in [0.5, 0.6) is 0 Å². The minimum absolute atomic E-state index is 0.0243. The molecule has 80 valence electrons. The number of aliphatic hydroxyl groups is 1. The van der Waals surface area contributed by atoms with Crippen LogP contribution in [0.25, 0.3) is 0 Å². The largest absolute Gasteiger partial charge is 0.378 e. The Kier molecular flexibility index (Phi) is 6.29. The van der Waals surface area contributed by atoms with Crippen molar-refractivity contribution in [1.29, 1.82) is 0 Å². The molecule has 0 aliphatic carbocycles. The summed E-state index contributed by atoms with van der Waals surface area (Å²) in [6, 6.07) is 0. The Balaban J connectivity index is 3.79. The molecule has 3 heteroatoms. The van der Waals surface area contributed by atoms with E-state index in [1.54, 1.807) is 0 Å². The Morgan fingerprint density at radius 1 is 1.31 bits per heavy atom. The highest BCUT2D eigenvalue weighted by atomic mass is 16.5. The van der Waals surface area contributed by atoms with Gasteiger partial charge in [0.1, 0.15) is 6.23 Å². The lowest BCUT2D eigenvalue weighted by Gasteiger charge is -2.31. The van der Waals surface area contributed by atoms with Gasteiger partial charge < -0.3 is 9.84 Å². The smallest absolute Gasteiger partial charge is 0.128 e. The van der Waals surface area contributed by atoms with E-state index < -0.39 is 6.23 Å². The third kappa shape index (κ3) is 5.24. The summed E-state index contributed by atoms with van der Waals surface area (Å²) in [4.78, 5) is 0. The standard InChI is InChI=1S/C10H23NO2/c1-5-10(4,6-2)11-9(12)8-13-7-3/h9,11-12H,5-8H2,1-4H3. The molecule has 13 heavy (non-hydrogen) atoms. The molecule has 0 fully saturated rings. The summed E-state index contributed by atoms with van der Waals surface area (Å²) in [6.07, 6.45) is 1.46. The lowest BCUT2D eigenvalue weighted by atomic mass is 9.95. The zero-order chi connectivity index (χ0) is 10.3. The van der Waals surface area contributed by atoms with Gasteiger partial charge in [-0.3, -0.25) is 5.32 Å². The highest BCUT2D eigenvalue weighted by molar-refractivity contribution is 4.80.